The summed E-state index contributed by atoms with van der Waals surface area (Å²) in [4.78, 5) is 24.6. The molecule has 2 rings (SSSR count). The van der Waals surface area contributed by atoms with Crippen LogP contribution in [0.5, 0.6) is 0 Å². The number of hydrogen-bond donors (Lipinski definition) is 2. The van der Waals surface area contributed by atoms with E-state index in [1.165, 1.54) is 4.90 Å². The first kappa shape index (κ1) is 19.1. The summed E-state index contributed by atoms with van der Waals surface area (Å²) in [5.41, 5.74) is 0. The number of amides is 1. The van der Waals surface area contributed by atoms with E-state index in [4.69, 9.17) is 9.84 Å². The summed E-state index contributed by atoms with van der Waals surface area (Å²) in [7, 11) is -3.73. The molecule has 24 heavy (non-hydrogen) atoms. The minimum atomic E-state index is -3.73. The lowest BCUT2D eigenvalue weighted by molar-refractivity contribution is -0.144. The first-order chi connectivity index (χ1) is 11.3. The van der Waals surface area contributed by atoms with Gasteiger partial charge in [0.05, 0.1) is 25.7 Å². The van der Waals surface area contributed by atoms with Crippen molar-refractivity contribution in [2.45, 2.75) is 51.1 Å². The lowest BCUT2D eigenvalue weighted by atomic mass is 9.88. The molecule has 0 spiro atoms. The fraction of sp³-hybridized carbons (Fsp3) is 0.867. The van der Waals surface area contributed by atoms with Crippen molar-refractivity contribution in [3.05, 3.63) is 0 Å². The van der Waals surface area contributed by atoms with Crippen LogP contribution in [0.2, 0.25) is 0 Å². The number of carboxylic acid groups (broad SMARTS) is 1. The molecule has 0 radical (unpaired) electrons. The predicted molar refractivity (Wildman–Crippen MR) is 86.9 cm³/mol. The van der Waals surface area contributed by atoms with Crippen LogP contribution in [0.15, 0.2) is 0 Å². The molecule has 1 amide bonds. The van der Waals surface area contributed by atoms with Crippen molar-refractivity contribution in [2.75, 3.05) is 25.5 Å². The molecule has 8 nitrogen and oxygen atoms in total. The van der Waals surface area contributed by atoms with Crippen molar-refractivity contribution in [1.29, 1.82) is 0 Å². The summed E-state index contributed by atoms with van der Waals surface area (Å²) in [6.45, 7) is 2.77. The molecule has 0 aromatic carbocycles. The Labute approximate surface area is 142 Å². The molecule has 0 bridgehead atoms. The van der Waals surface area contributed by atoms with E-state index in [1.807, 2.05) is 0 Å². The largest absolute Gasteiger partial charge is 0.481 e. The van der Waals surface area contributed by atoms with Crippen molar-refractivity contribution in [1.82, 2.24) is 9.62 Å². The Morgan fingerprint density at radius 1 is 1.25 bits per heavy atom. The molecular formula is C15H26N2O6S. The lowest BCUT2D eigenvalue weighted by Crippen LogP contribution is -2.52. The van der Waals surface area contributed by atoms with Crippen LogP contribution in [0.25, 0.3) is 0 Å². The van der Waals surface area contributed by atoms with Gasteiger partial charge in [-0.25, -0.2) is 13.1 Å². The zero-order valence-corrected chi connectivity index (χ0v) is 14.8. The van der Waals surface area contributed by atoms with Gasteiger partial charge in [-0.3, -0.25) is 9.59 Å². The van der Waals surface area contributed by atoms with Gasteiger partial charge in [0.25, 0.3) is 0 Å². The summed E-state index contributed by atoms with van der Waals surface area (Å²) < 4.78 is 32.3. The van der Waals surface area contributed by atoms with Crippen LogP contribution in [0.3, 0.4) is 0 Å². The van der Waals surface area contributed by atoms with E-state index < -0.39 is 33.7 Å². The highest BCUT2D eigenvalue weighted by Gasteiger charge is 2.32. The van der Waals surface area contributed by atoms with Crippen LogP contribution in [-0.2, 0) is 24.3 Å². The third-order valence-corrected chi connectivity index (χ3v) is 5.95. The Balaban J connectivity index is 1.92. The van der Waals surface area contributed by atoms with Gasteiger partial charge in [0.1, 0.15) is 5.75 Å². The third kappa shape index (κ3) is 5.71. The fourth-order valence-corrected chi connectivity index (χ4v) is 4.59. The van der Waals surface area contributed by atoms with E-state index >= 15 is 0 Å². The topological polar surface area (TPSA) is 113 Å². The molecule has 1 saturated carbocycles. The fourth-order valence-electron chi connectivity index (χ4n) is 3.27. The van der Waals surface area contributed by atoms with Crippen LogP contribution >= 0.6 is 0 Å². The van der Waals surface area contributed by atoms with Crippen molar-refractivity contribution in [3.8, 4) is 0 Å². The highest BCUT2D eigenvalue weighted by molar-refractivity contribution is 7.90. The number of morpholine rings is 1. The zero-order chi connectivity index (χ0) is 17.7. The van der Waals surface area contributed by atoms with Crippen LogP contribution in [0.4, 0.5) is 0 Å². The molecule has 0 aromatic heterocycles. The summed E-state index contributed by atoms with van der Waals surface area (Å²) in [5, 5.41) is 8.91. The van der Waals surface area contributed by atoms with Crippen LogP contribution in [0, 0.1) is 5.92 Å². The number of carbonyl (C=O) groups excluding carboxylic acids is 1. The van der Waals surface area contributed by atoms with E-state index in [0.717, 1.165) is 25.7 Å². The van der Waals surface area contributed by atoms with Gasteiger partial charge < -0.3 is 14.7 Å². The van der Waals surface area contributed by atoms with Crippen LogP contribution < -0.4 is 4.72 Å². The molecule has 1 saturated heterocycles. The molecule has 9 heteroatoms. The van der Waals surface area contributed by atoms with Gasteiger partial charge in [-0.1, -0.05) is 6.92 Å². The summed E-state index contributed by atoms with van der Waals surface area (Å²) in [5.74, 6) is -1.64. The molecule has 138 valence electrons. The number of rotatable bonds is 6. The van der Waals surface area contributed by atoms with Crippen molar-refractivity contribution in [3.63, 3.8) is 0 Å². The van der Waals surface area contributed by atoms with Crippen molar-refractivity contribution in [2.24, 2.45) is 5.92 Å². The van der Waals surface area contributed by atoms with Gasteiger partial charge in [-0.2, -0.15) is 0 Å². The Hall–Kier alpha value is -1.19. The number of carbonyl (C=O) groups is 2. The number of nitrogens with one attached hydrogen (secondary N) is 1. The number of sulfonamides is 1. The lowest BCUT2D eigenvalue weighted by Gasteiger charge is -2.35. The minimum absolute atomic E-state index is 0.112. The van der Waals surface area contributed by atoms with Gasteiger partial charge in [0, 0.05) is 12.6 Å². The normalized spacial score (nSPS) is 28.5. The van der Waals surface area contributed by atoms with Gasteiger partial charge in [-0.05, 0) is 31.6 Å². The first-order valence-electron chi connectivity index (χ1n) is 8.36. The highest BCUT2D eigenvalue weighted by atomic mass is 32.2. The monoisotopic (exact) mass is 362 g/mol. The van der Waals surface area contributed by atoms with E-state index in [9.17, 15) is 18.0 Å². The summed E-state index contributed by atoms with van der Waals surface area (Å²) in [6, 6.07) is -0.729. The second-order valence-corrected chi connectivity index (χ2v) is 8.50. The number of hydrogen-bond acceptors (Lipinski definition) is 5. The molecule has 2 N–H and O–H groups in total. The minimum Gasteiger partial charge on any atom is -0.481 e. The molecule has 1 atom stereocenters. The molecule has 1 heterocycles. The Kier molecular flexibility index (Phi) is 6.59. The zero-order valence-electron chi connectivity index (χ0n) is 13.9. The molecule has 2 aliphatic rings. The smallest absolute Gasteiger partial charge is 0.305 e. The average molecular weight is 362 g/mol. The quantitative estimate of drug-likeness (QED) is 0.697. The molecular weight excluding hydrogens is 336 g/mol. The third-order valence-electron chi connectivity index (χ3n) is 4.63. The van der Waals surface area contributed by atoms with Crippen molar-refractivity contribution >= 4 is 21.9 Å². The molecule has 1 aliphatic carbocycles. The molecule has 1 unspecified atom stereocenters. The molecule has 0 aromatic rings. The highest BCUT2D eigenvalue weighted by Crippen LogP contribution is 2.24. The first-order valence-corrected chi connectivity index (χ1v) is 10.0. The Morgan fingerprint density at radius 2 is 1.92 bits per heavy atom. The Morgan fingerprint density at radius 3 is 2.54 bits per heavy atom. The maximum absolute atomic E-state index is 12.4. The number of aliphatic carboxylic acids is 1. The summed E-state index contributed by atoms with van der Waals surface area (Å²) in [6.07, 6.45) is 3.28. The molecule has 1 aliphatic heterocycles. The van der Waals surface area contributed by atoms with Crippen molar-refractivity contribution < 1.29 is 27.9 Å². The van der Waals surface area contributed by atoms with E-state index in [-0.39, 0.29) is 32.2 Å². The summed E-state index contributed by atoms with van der Waals surface area (Å²) >= 11 is 0. The predicted octanol–water partition coefficient (Wildman–Crippen LogP) is 0.187. The van der Waals surface area contributed by atoms with Gasteiger partial charge in [0.2, 0.25) is 15.9 Å². The number of ether oxygens (including phenoxy) is 1. The average Bonchev–Trinajstić information content (AvgIpc) is 2.48. The van der Waals surface area contributed by atoms with Gasteiger partial charge >= 0.3 is 5.97 Å². The standard InChI is InChI=1S/C15H26N2O6S/c1-11-2-4-12(5-3-11)16-24(21,22)10-14(18)17-6-7-23-9-13(17)8-15(19)20/h11-13,16H,2-10H2,1H3,(H,19,20). The van der Waals surface area contributed by atoms with E-state index in [2.05, 4.69) is 11.6 Å². The maximum Gasteiger partial charge on any atom is 0.305 e. The van der Waals surface area contributed by atoms with Crippen LogP contribution in [-0.4, -0.2) is 67.9 Å². The van der Waals surface area contributed by atoms with E-state index in [0.29, 0.717) is 5.92 Å². The SMILES string of the molecule is CC1CCC(NS(=O)(=O)CC(=O)N2CCOCC2CC(=O)O)CC1. The van der Waals surface area contributed by atoms with Gasteiger partial charge in [0.15, 0.2) is 0 Å². The van der Waals surface area contributed by atoms with E-state index in [1.54, 1.807) is 0 Å². The second kappa shape index (κ2) is 8.26. The molecule has 2 fully saturated rings. The maximum atomic E-state index is 12.4. The Bertz CT molecular complexity index is 556. The number of nitrogens with zero attached hydrogens (tertiary/aromatic N) is 1. The second-order valence-electron chi connectivity index (χ2n) is 6.75. The van der Waals surface area contributed by atoms with Crippen LogP contribution in [0.1, 0.15) is 39.0 Å². The van der Waals surface area contributed by atoms with Gasteiger partial charge in [-0.15, -0.1) is 0 Å². The number of carboxylic acids is 1.